The molecular weight excluding hydrogens is 671 g/mol. The summed E-state index contributed by atoms with van der Waals surface area (Å²) in [6.45, 7) is 2.37. The molecule has 11 heteroatoms. The highest BCUT2D eigenvalue weighted by molar-refractivity contribution is 7.47. The molecule has 10 nitrogen and oxygen atoms in total. The average Bonchev–Trinajstić information content (AvgIpc) is 3.12. The minimum absolute atomic E-state index is 0.188. The van der Waals surface area contributed by atoms with Gasteiger partial charge in [0, 0.05) is 12.8 Å². The predicted octanol–water partition coefficient (Wildman–Crippen LogP) is 10.4. The maximum atomic E-state index is 12.6. The number of esters is 2. The van der Waals surface area contributed by atoms with E-state index in [1.54, 1.807) is 0 Å². The van der Waals surface area contributed by atoms with Crippen LogP contribution in [0.5, 0.6) is 0 Å². The third-order valence-electron chi connectivity index (χ3n) is 8.92. The maximum Gasteiger partial charge on any atom is 0.472 e. The molecule has 51 heavy (non-hydrogen) atoms. The van der Waals surface area contributed by atoms with Crippen LogP contribution in [0.3, 0.4) is 0 Å². The standard InChI is InChI=1S/C40H77O10P/c1-3-5-7-9-11-13-15-17-18-20-21-23-25-27-29-31-39(43)47-35-38(36-49-51(45,46)48-34-37(42)33-41)50-40(44)32-30-28-26-24-22-19-16-14-12-10-8-6-4-2/h17-18,37-38,41-42H,3-16,19-36H2,1-2H3,(H,45,46)/b18-17-. The van der Waals surface area contributed by atoms with E-state index in [0.717, 1.165) is 51.4 Å². The van der Waals surface area contributed by atoms with E-state index >= 15 is 0 Å². The van der Waals surface area contributed by atoms with Gasteiger partial charge in [0.25, 0.3) is 0 Å². The number of phosphoric acid groups is 1. The zero-order chi connectivity index (χ0) is 37.7. The Morgan fingerprint density at radius 1 is 0.569 bits per heavy atom. The number of hydrogen-bond acceptors (Lipinski definition) is 9. The number of hydrogen-bond donors (Lipinski definition) is 3. The minimum Gasteiger partial charge on any atom is -0.462 e. The molecule has 302 valence electrons. The van der Waals surface area contributed by atoms with Crippen LogP contribution in [0.4, 0.5) is 0 Å². The fourth-order valence-corrected chi connectivity index (χ4v) is 6.48. The van der Waals surface area contributed by atoms with Crippen molar-refractivity contribution in [2.75, 3.05) is 26.4 Å². The Bertz CT molecular complexity index is 868. The third-order valence-corrected chi connectivity index (χ3v) is 9.87. The molecule has 0 saturated carbocycles. The summed E-state index contributed by atoms with van der Waals surface area (Å²) in [4.78, 5) is 34.9. The summed E-state index contributed by atoms with van der Waals surface area (Å²) in [5.41, 5.74) is 0. The van der Waals surface area contributed by atoms with Crippen molar-refractivity contribution in [3.05, 3.63) is 12.2 Å². The summed E-state index contributed by atoms with van der Waals surface area (Å²) in [6, 6.07) is 0. The summed E-state index contributed by atoms with van der Waals surface area (Å²) in [5.74, 6) is -0.927. The molecule has 0 rings (SSSR count). The van der Waals surface area contributed by atoms with Crippen molar-refractivity contribution >= 4 is 19.8 Å². The Balaban J connectivity index is 4.31. The van der Waals surface area contributed by atoms with Crippen molar-refractivity contribution in [2.45, 2.75) is 206 Å². The highest BCUT2D eigenvalue weighted by Crippen LogP contribution is 2.43. The summed E-state index contributed by atoms with van der Waals surface area (Å²) < 4.78 is 32.6. The normalized spacial score (nSPS) is 14.1. The molecule has 3 atom stereocenters. The second-order valence-electron chi connectivity index (χ2n) is 14.0. The topological polar surface area (TPSA) is 149 Å². The first-order valence-corrected chi connectivity index (χ1v) is 22.1. The number of rotatable bonds is 39. The SMILES string of the molecule is CCCCCCCC/C=C\CCCCCCCC(=O)OCC(COP(=O)(O)OCC(O)CO)OC(=O)CCCCCCCCCCCCCCC. The van der Waals surface area contributed by atoms with Crippen LogP contribution in [0.15, 0.2) is 12.2 Å². The summed E-state index contributed by atoms with van der Waals surface area (Å²) >= 11 is 0. The predicted molar refractivity (Wildman–Crippen MR) is 205 cm³/mol. The van der Waals surface area contributed by atoms with Crippen molar-refractivity contribution in [2.24, 2.45) is 0 Å². The second-order valence-corrected chi connectivity index (χ2v) is 15.5. The summed E-state index contributed by atoms with van der Waals surface area (Å²) in [6.07, 6.45) is 33.2. The summed E-state index contributed by atoms with van der Waals surface area (Å²) in [5, 5.41) is 18.3. The van der Waals surface area contributed by atoms with E-state index in [1.165, 1.54) is 103 Å². The number of carbonyl (C=O) groups excluding carboxylic acids is 2. The van der Waals surface area contributed by atoms with Crippen LogP contribution < -0.4 is 0 Å². The van der Waals surface area contributed by atoms with Crippen LogP contribution in [0.1, 0.15) is 194 Å². The first-order valence-electron chi connectivity index (χ1n) is 20.6. The van der Waals surface area contributed by atoms with Crippen molar-refractivity contribution in [3.63, 3.8) is 0 Å². The van der Waals surface area contributed by atoms with Crippen LogP contribution in [-0.2, 0) is 32.7 Å². The molecule has 3 N–H and O–H groups in total. The number of phosphoric ester groups is 1. The quantitative estimate of drug-likeness (QED) is 0.0240. The maximum absolute atomic E-state index is 12.6. The Hall–Kier alpha value is -1.29. The largest absolute Gasteiger partial charge is 0.472 e. The third kappa shape index (κ3) is 36.8. The van der Waals surface area contributed by atoms with Gasteiger partial charge in [-0.15, -0.1) is 0 Å². The number of carbonyl (C=O) groups is 2. The Labute approximate surface area is 311 Å². The number of unbranched alkanes of at least 4 members (excludes halogenated alkanes) is 23. The Morgan fingerprint density at radius 3 is 1.41 bits per heavy atom. The van der Waals surface area contributed by atoms with Gasteiger partial charge >= 0.3 is 19.8 Å². The molecular formula is C40H77O10P. The lowest BCUT2D eigenvalue weighted by Gasteiger charge is -2.20. The number of aliphatic hydroxyl groups is 2. The molecule has 3 unspecified atom stereocenters. The fourth-order valence-electron chi connectivity index (χ4n) is 5.69. The van der Waals surface area contributed by atoms with E-state index in [2.05, 4.69) is 30.5 Å². The number of allylic oxidation sites excluding steroid dienone is 2. The molecule has 0 aromatic rings. The van der Waals surface area contributed by atoms with Crippen LogP contribution >= 0.6 is 7.82 Å². The van der Waals surface area contributed by atoms with Crippen molar-refractivity contribution in [1.29, 1.82) is 0 Å². The fraction of sp³-hybridized carbons (Fsp3) is 0.900. The molecule has 0 aromatic heterocycles. The van der Waals surface area contributed by atoms with E-state index in [-0.39, 0.29) is 19.4 Å². The zero-order valence-electron chi connectivity index (χ0n) is 32.6. The highest BCUT2D eigenvalue weighted by Gasteiger charge is 2.27. The van der Waals surface area contributed by atoms with E-state index in [9.17, 15) is 24.2 Å². The lowest BCUT2D eigenvalue weighted by molar-refractivity contribution is -0.161. The zero-order valence-corrected chi connectivity index (χ0v) is 33.5. The van der Waals surface area contributed by atoms with Crippen LogP contribution in [0, 0.1) is 0 Å². The van der Waals surface area contributed by atoms with Crippen molar-refractivity contribution in [1.82, 2.24) is 0 Å². The molecule has 0 aliphatic heterocycles. The number of aliphatic hydroxyl groups excluding tert-OH is 2. The van der Waals surface area contributed by atoms with Crippen LogP contribution in [0.25, 0.3) is 0 Å². The summed E-state index contributed by atoms with van der Waals surface area (Å²) in [7, 11) is -4.61. The van der Waals surface area contributed by atoms with Gasteiger partial charge in [-0.05, 0) is 38.5 Å². The Kier molecular flexibility index (Phi) is 36.1. The molecule has 0 amide bonds. The van der Waals surface area contributed by atoms with E-state index in [0.29, 0.717) is 12.8 Å². The molecule has 0 spiro atoms. The van der Waals surface area contributed by atoms with Gasteiger partial charge in [0.2, 0.25) is 0 Å². The molecule has 0 bridgehead atoms. The van der Waals surface area contributed by atoms with Gasteiger partial charge < -0.3 is 24.6 Å². The molecule has 0 radical (unpaired) electrons. The van der Waals surface area contributed by atoms with E-state index in [4.69, 9.17) is 19.1 Å². The van der Waals surface area contributed by atoms with Gasteiger partial charge in [0.05, 0.1) is 19.8 Å². The molecule has 0 aliphatic rings. The van der Waals surface area contributed by atoms with E-state index < -0.39 is 51.8 Å². The molecule has 0 saturated heterocycles. The lowest BCUT2D eigenvalue weighted by atomic mass is 10.0. The minimum atomic E-state index is -4.61. The average molecular weight is 749 g/mol. The van der Waals surface area contributed by atoms with Gasteiger partial charge in [0.15, 0.2) is 6.10 Å². The highest BCUT2D eigenvalue weighted by atomic mass is 31.2. The van der Waals surface area contributed by atoms with Crippen molar-refractivity contribution in [3.8, 4) is 0 Å². The molecule has 0 heterocycles. The Morgan fingerprint density at radius 2 is 0.961 bits per heavy atom. The second kappa shape index (κ2) is 37.0. The lowest BCUT2D eigenvalue weighted by Crippen LogP contribution is -2.29. The van der Waals surface area contributed by atoms with Gasteiger partial charge in [0.1, 0.15) is 12.7 Å². The first-order chi connectivity index (χ1) is 24.7. The van der Waals surface area contributed by atoms with Crippen molar-refractivity contribution < 1.29 is 47.8 Å². The molecule has 0 fully saturated rings. The van der Waals surface area contributed by atoms with Crippen LogP contribution in [-0.4, -0.2) is 65.7 Å². The van der Waals surface area contributed by atoms with Gasteiger partial charge in [-0.25, -0.2) is 4.57 Å². The monoisotopic (exact) mass is 749 g/mol. The number of ether oxygens (including phenoxy) is 2. The van der Waals surface area contributed by atoms with Gasteiger partial charge in [-0.2, -0.15) is 0 Å². The first kappa shape index (κ1) is 49.7. The molecule has 0 aliphatic carbocycles. The molecule has 0 aromatic carbocycles. The smallest absolute Gasteiger partial charge is 0.462 e. The van der Waals surface area contributed by atoms with Gasteiger partial charge in [-0.3, -0.25) is 18.6 Å². The van der Waals surface area contributed by atoms with Crippen LogP contribution in [0.2, 0.25) is 0 Å². The van der Waals surface area contributed by atoms with E-state index in [1.807, 2.05) is 0 Å². The van der Waals surface area contributed by atoms with Gasteiger partial charge in [-0.1, -0.05) is 154 Å².